The Morgan fingerprint density at radius 2 is 2.06 bits per heavy atom. The quantitative estimate of drug-likeness (QED) is 0.771. The smallest absolute Gasteiger partial charge is 0.326 e. The summed E-state index contributed by atoms with van der Waals surface area (Å²) in [7, 11) is 0. The number of likely N-dealkylation sites (tertiary alicyclic amines) is 1. The minimum atomic E-state index is -0.882. The molecule has 4 heteroatoms. The number of aliphatic carboxylic acids is 1. The molecule has 0 spiro atoms. The van der Waals surface area contributed by atoms with Crippen LogP contribution in [0.5, 0.6) is 0 Å². The summed E-state index contributed by atoms with van der Waals surface area (Å²) >= 11 is 0. The molecule has 1 aliphatic carbocycles. The summed E-state index contributed by atoms with van der Waals surface area (Å²) in [5.41, 5.74) is 0. The zero-order valence-corrected chi connectivity index (χ0v) is 10.5. The molecule has 98 valence electrons. The Morgan fingerprint density at radius 1 is 1.39 bits per heavy atom. The fourth-order valence-electron chi connectivity index (χ4n) is 3.15. The van der Waals surface area contributed by atoms with Gasteiger partial charge in [0.15, 0.2) is 0 Å². The first kappa shape index (κ1) is 12.9. The van der Waals surface area contributed by atoms with Gasteiger partial charge in [-0.2, -0.15) is 0 Å². The van der Waals surface area contributed by atoms with Gasteiger partial charge >= 0.3 is 5.97 Å². The number of rotatable bonds is 3. The Hall–Kier alpha value is -1.50. The van der Waals surface area contributed by atoms with Crippen molar-refractivity contribution in [2.24, 2.45) is 11.8 Å². The Bertz CT molecular complexity index is 379. The van der Waals surface area contributed by atoms with E-state index < -0.39 is 12.0 Å². The van der Waals surface area contributed by atoms with Crippen molar-refractivity contribution in [1.29, 1.82) is 0 Å². The number of terminal acetylenes is 1. The summed E-state index contributed by atoms with van der Waals surface area (Å²) in [6.45, 7) is 0.406. The van der Waals surface area contributed by atoms with E-state index in [1.165, 1.54) is 11.3 Å². The molecule has 1 N–H and O–H groups in total. The van der Waals surface area contributed by atoms with Gasteiger partial charge in [0.2, 0.25) is 5.91 Å². The van der Waals surface area contributed by atoms with Crippen molar-refractivity contribution < 1.29 is 14.7 Å². The third-order valence-electron chi connectivity index (χ3n) is 4.08. The van der Waals surface area contributed by atoms with Crippen LogP contribution in [-0.4, -0.2) is 34.5 Å². The molecule has 1 amide bonds. The lowest BCUT2D eigenvalue weighted by atomic mass is 9.83. The number of nitrogens with zero attached hydrogens (tertiary/aromatic N) is 1. The van der Waals surface area contributed by atoms with Gasteiger partial charge in [0.05, 0.1) is 0 Å². The van der Waals surface area contributed by atoms with E-state index in [1.807, 2.05) is 0 Å². The summed E-state index contributed by atoms with van der Waals surface area (Å²) in [5.74, 6) is 1.55. The summed E-state index contributed by atoms with van der Waals surface area (Å²) in [4.78, 5) is 24.9. The summed E-state index contributed by atoms with van der Waals surface area (Å²) < 4.78 is 0. The summed E-state index contributed by atoms with van der Waals surface area (Å²) in [5, 5.41) is 9.42. The second kappa shape index (κ2) is 5.43. The molecule has 1 saturated heterocycles. The molecule has 0 aromatic heterocycles. The van der Waals surface area contributed by atoms with Crippen molar-refractivity contribution in [2.45, 2.75) is 44.6 Å². The van der Waals surface area contributed by atoms with E-state index in [0.29, 0.717) is 13.0 Å². The van der Waals surface area contributed by atoms with E-state index in [0.717, 1.165) is 25.7 Å². The average Bonchev–Trinajstić information content (AvgIpc) is 2.72. The molecule has 1 unspecified atom stereocenters. The normalized spacial score (nSPS) is 26.9. The molecule has 2 atom stereocenters. The summed E-state index contributed by atoms with van der Waals surface area (Å²) in [6.07, 6.45) is 10.7. The molecule has 0 aromatic rings. The van der Waals surface area contributed by atoms with Crippen LogP contribution in [0.1, 0.15) is 38.5 Å². The molecule has 2 fully saturated rings. The Kier molecular flexibility index (Phi) is 3.90. The lowest BCUT2D eigenvalue weighted by molar-refractivity contribution is -0.151. The van der Waals surface area contributed by atoms with Gasteiger partial charge in [0.1, 0.15) is 6.04 Å². The number of hydrogen-bond acceptors (Lipinski definition) is 2. The molecule has 0 aromatic carbocycles. The van der Waals surface area contributed by atoms with Crippen LogP contribution in [0.4, 0.5) is 0 Å². The monoisotopic (exact) mass is 249 g/mol. The van der Waals surface area contributed by atoms with E-state index in [-0.39, 0.29) is 17.7 Å². The van der Waals surface area contributed by atoms with Crippen LogP contribution >= 0.6 is 0 Å². The highest BCUT2D eigenvalue weighted by Gasteiger charge is 2.41. The van der Waals surface area contributed by atoms with Gasteiger partial charge in [-0.1, -0.05) is 19.3 Å². The van der Waals surface area contributed by atoms with Gasteiger partial charge in [-0.05, 0) is 18.8 Å². The molecule has 1 aliphatic heterocycles. The maximum Gasteiger partial charge on any atom is 0.326 e. The van der Waals surface area contributed by atoms with Crippen molar-refractivity contribution >= 4 is 11.9 Å². The molecular weight excluding hydrogens is 230 g/mol. The average molecular weight is 249 g/mol. The molecule has 2 aliphatic rings. The Morgan fingerprint density at radius 3 is 2.56 bits per heavy atom. The van der Waals surface area contributed by atoms with Gasteiger partial charge in [0.25, 0.3) is 0 Å². The highest BCUT2D eigenvalue weighted by atomic mass is 16.4. The molecule has 0 radical (unpaired) electrons. The first-order chi connectivity index (χ1) is 8.63. The van der Waals surface area contributed by atoms with Gasteiger partial charge in [-0.3, -0.25) is 4.79 Å². The van der Waals surface area contributed by atoms with E-state index in [9.17, 15) is 14.7 Å². The van der Waals surface area contributed by atoms with Gasteiger partial charge < -0.3 is 10.0 Å². The van der Waals surface area contributed by atoms with Crippen molar-refractivity contribution in [3.05, 3.63) is 0 Å². The topological polar surface area (TPSA) is 57.6 Å². The third kappa shape index (κ3) is 2.50. The first-order valence-corrected chi connectivity index (χ1v) is 6.62. The second-order valence-electron chi connectivity index (χ2n) is 5.29. The van der Waals surface area contributed by atoms with Crippen LogP contribution in [0.15, 0.2) is 0 Å². The highest BCUT2D eigenvalue weighted by Crippen LogP contribution is 2.32. The minimum Gasteiger partial charge on any atom is -0.480 e. The lowest BCUT2D eigenvalue weighted by Crippen LogP contribution is -2.47. The van der Waals surface area contributed by atoms with E-state index >= 15 is 0 Å². The first-order valence-electron chi connectivity index (χ1n) is 6.62. The van der Waals surface area contributed by atoms with Crippen LogP contribution in [0.2, 0.25) is 0 Å². The molecule has 1 heterocycles. The fraction of sp³-hybridized carbons (Fsp3) is 0.714. The van der Waals surface area contributed by atoms with Crippen LogP contribution in [0, 0.1) is 24.2 Å². The maximum absolute atomic E-state index is 11.9. The van der Waals surface area contributed by atoms with Crippen LogP contribution in [-0.2, 0) is 9.59 Å². The van der Waals surface area contributed by atoms with E-state index in [4.69, 9.17) is 6.42 Å². The third-order valence-corrected chi connectivity index (χ3v) is 4.08. The van der Waals surface area contributed by atoms with E-state index in [1.54, 1.807) is 0 Å². The van der Waals surface area contributed by atoms with Crippen molar-refractivity contribution in [3.63, 3.8) is 0 Å². The van der Waals surface area contributed by atoms with E-state index in [2.05, 4.69) is 5.92 Å². The summed E-state index contributed by atoms with van der Waals surface area (Å²) in [6, 6.07) is -0.670. The van der Waals surface area contributed by atoms with Crippen LogP contribution in [0.25, 0.3) is 0 Å². The van der Waals surface area contributed by atoms with Gasteiger partial charge in [-0.25, -0.2) is 4.79 Å². The molecule has 0 bridgehead atoms. The zero-order valence-electron chi connectivity index (χ0n) is 10.5. The molecule has 1 saturated carbocycles. The number of hydrogen-bond donors (Lipinski definition) is 1. The van der Waals surface area contributed by atoms with Crippen molar-refractivity contribution in [2.75, 3.05) is 6.54 Å². The maximum atomic E-state index is 11.9. The Labute approximate surface area is 107 Å². The van der Waals surface area contributed by atoms with Crippen LogP contribution < -0.4 is 0 Å². The predicted molar refractivity (Wildman–Crippen MR) is 66.7 cm³/mol. The molecule has 18 heavy (non-hydrogen) atoms. The molecule has 2 rings (SSSR count). The number of amides is 1. The largest absolute Gasteiger partial charge is 0.480 e. The SMILES string of the molecule is C#CC1CC(=O)N([C@H](C(=O)O)C2CCCCC2)C1. The Balaban J connectivity index is 2.12. The zero-order chi connectivity index (χ0) is 13.1. The minimum absolute atomic E-state index is 0.0942. The van der Waals surface area contributed by atoms with Gasteiger partial charge in [-0.15, -0.1) is 12.3 Å². The number of carboxylic acids is 1. The highest BCUT2D eigenvalue weighted by molar-refractivity contribution is 5.85. The van der Waals surface area contributed by atoms with Crippen LogP contribution in [0.3, 0.4) is 0 Å². The number of carbonyl (C=O) groups excluding carboxylic acids is 1. The molecule has 4 nitrogen and oxygen atoms in total. The van der Waals surface area contributed by atoms with Gasteiger partial charge in [0, 0.05) is 18.9 Å². The lowest BCUT2D eigenvalue weighted by Gasteiger charge is -2.33. The number of carbonyl (C=O) groups is 2. The van der Waals surface area contributed by atoms with Crippen molar-refractivity contribution in [3.8, 4) is 12.3 Å². The number of carboxylic acid groups (broad SMARTS) is 1. The fourth-order valence-corrected chi connectivity index (χ4v) is 3.15. The van der Waals surface area contributed by atoms with Crippen molar-refractivity contribution in [1.82, 2.24) is 4.90 Å². The second-order valence-corrected chi connectivity index (χ2v) is 5.29. The molecular formula is C14H19NO3. The standard InChI is InChI=1S/C14H19NO3/c1-2-10-8-12(16)15(9-10)13(14(17)18)11-6-4-3-5-7-11/h1,10-11,13H,3-9H2,(H,17,18)/t10?,13-/m0/s1. The predicted octanol–water partition coefficient (Wildman–Crippen LogP) is 1.50.